The predicted molar refractivity (Wildman–Crippen MR) is 65.2 cm³/mol. The molecule has 1 unspecified atom stereocenters. The Kier molecular flexibility index (Phi) is 4.65. The van der Waals surface area contributed by atoms with Crippen molar-refractivity contribution in [2.75, 3.05) is 0 Å². The molecule has 3 N–H and O–H groups in total. The highest BCUT2D eigenvalue weighted by atomic mass is 19.1. The molecule has 0 saturated carbocycles. The van der Waals surface area contributed by atoms with Crippen LogP contribution >= 0.6 is 0 Å². The fraction of sp³-hybridized carbons (Fsp3) is 0.385. The zero-order chi connectivity index (χ0) is 12.1. The lowest BCUT2D eigenvalue weighted by atomic mass is 9.95. The Balaban J connectivity index is 2.94. The Bertz CT molecular complexity index is 374. The Morgan fingerprint density at radius 2 is 2.25 bits per heavy atom. The van der Waals surface area contributed by atoms with Gasteiger partial charge in [0, 0.05) is 0 Å². The maximum atomic E-state index is 13.2. The summed E-state index contributed by atoms with van der Waals surface area (Å²) in [5.74, 6) is 5.28. The summed E-state index contributed by atoms with van der Waals surface area (Å²) in [6, 6.07) is 4.69. The second-order valence-corrected chi connectivity index (χ2v) is 4.03. The van der Waals surface area contributed by atoms with Gasteiger partial charge < -0.3 is 0 Å². The van der Waals surface area contributed by atoms with Crippen LogP contribution in [0.1, 0.15) is 36.9 Å². The molecular weight excluding hydrogens is 203 g/mol. The van der Waals surface area contributed by atoms with E-state index in [0.29, 0.717) is 0 Å². The third-order valence-corrected chi connectivity index (χ3v) is 2.81. The van der Waals surface area contributed by atoms with Gasteiger partial charge in [0.1, 0.15) is 5.82 Å². The minimum atomic E-state index is -0.233. The first kappa shape index (κ1) is 12.9. The molecule has 1 rings (SSSR count). The average Bonchev–Trinajstić information content (AvgIpc) is 2.29. The highest BCUT2D eigenvalue weighted by Gasteiger charge is 2.13. The van der Waals surface area contributed by atoms with Crippen LogP contribution in [0.25, 0.3) is 0 Å². The molecule has 16 heavy (non-hydrogen) atoms. The summed E-state index contributed by atoms with van der Waals surface area (Å²) in [6.45, 7) is 7.95. The molecule has 1 aromatic carbocycles. The molecular formula is C13H19FN2. The minimum Gasteiger partial charge on any atom is -0.271 e. The summed E-state index contributed by atoms with van der Waals surface area (Å²) in [6.07, 6.45) is 1.64. The zero-order valence-electron chi connectivity index (χ0n) is 9.89. The molecule has 0 aromatic heterocycles. The van der Waals surface area contributed by atoms with Gasteiger partial charge in [-0.1, -0.05) is 25.1 Å². The van der Waals surface area contributed by atoms with Crippen molar-refractivity contribution in [3.05, 3.63) is 47.3 Å². The summed E-state index contributed by atoms with van der Waals surface area (Å²) >= 11 is 0. The topological polar surface area (TPSA) is 38.0 Å². The standard InChI is InChI=1S/C13H19FN2/c1-4-9(2)7-13(16-15)12-8-11(14)6-5-10(12)3/h5-6,8,13,16H,2,4,7,15H2,1,3H3. The molecule has 0 bridgehead atoms. The second-order valence-electron chi connectivity index (χ2n) is 4.03. The van der Waals surface area contributed by atoms with E-state index < -0.39 is 0 Å². The van der Waals surface area contributed by atoms with Crippen LogP contribution < -0.4 is 11.3 Å². The fourth-order valence-corrected chi connectivity index (χ4v) is 1.68. The van der Waals surface area contributed by atoms with Gasteiger partial charge in [0.05, 0.1) is 6.04 Å². The molecule has 88 valence electrons. The Morgan fingerprint density at radius 1 is 1.56 bits per heavy atom. The van der Waals surface area contributed by atoms with Gasteiger partial charge in [0.15, 0.2) is 0 Å². The molecule has 0 fully saturated rings. The van der Waals surface area contributed by atoms with E-state index in [9.17, 15) is 4.39 Å². The summed E-state index contributed by atoms with van der Waals surface area (Å²) < 4.78 is 13.2. The van der Waals surface area contributed by atoms with Crippen LogP contribution in [0.4, 0.5) is 4.39 Å². The Morgan fingerprint density at radius 3 is 2.81 bits per heavy atom. The van der Waals surface area contributed by atoms with Crippen molar-refractivity contribution in [2.45, 2.75) is 32.7 Å². The molecule has 0 saturated heterocycles. The van der Waals surface area contributed by atoms with E-state index in [2.05, 4.69) is 12.0 Å². The van der Waals surface area contributed by atoms with E-state index in [0.717, 1.165) is 29.5 Å². The van der Waals surface area contributed by atoms with Gasteiger partial charge in [0.25, 0.3) is 0 Å². The normalized spacial score (nSPS) is 12.5. The van der Waals surface area contributed by atoms with Crippen LogP contribution in [0.5, 0.6) is 0 Å². The zero-order valence-corrected chi connectivity index (χ0v) is 9.89. The van der Waals surface area contributed by atoms with Gasteiger partial charge in [-0.15, -0.1) is 0 Å². The minimum absolute atomic E-state index is 0.0665. The van der Waals surface area contributed by atoms with E-state index in [-0.39, 0.29) is 11.9 Å². The molecule has 1 atom stereocenters. The molecule has 0 aliphatic carbocycles. The van der Waals surface area contributed by atoms with Crippen LogP contribution in [0.15, 0.2) is 30.4 Å². The number of hydrazine groups is 1. The molecule has 0 aliphatic rings. The van der Waals surface area contributed by atoms with Crippen LogP contribution in [0.2, 0.25) is 0 Å². The molecule has 0 radical (unpaired) electrons. The van der Waals surface area contributed by atoms with Gasteiger partial charge in [-0.05, 0) is 43.0 Å². The van der Waals surface area contributed by atoms with Gasteiger partial charge in [-0.3, -0.25) is 11.3 Å². The molecule has 0 spiro atoms. The van der Waals surface area contributed by atoms with Crippen LogP contribution in [0, 0.1) is 12.7 Å². The molecule has 2 nitrogen and oxygen atoms in total. The monoisotopic (exact) mass is 222 g/mol. The molecule has 3 heteroatoms. The lowest BCUT2D eigenvalue weighted by Crippen LogP contribution is -2.29. The van der Waals surface area contributed by atoms with Crippen molar-refractivity contribution < 1.29 is 4.39 Å². The van der Waals surface area contributed by atoms with Crippen LogP contribution in [0.3, 0.4) is 0 Å². The van der Waals surface area contributed by atoms with E-state index >= 15 is 0 Å². The number of aryl methyl sites for hydroxylation is 1. The number of hydrogen-bond acceptors (Lipinski definition) is 2. The molecule has 0 amide bonds. The third kappa shape index (κ3) is 3.15. The van der Waals surface area contributed by atoms with Crippen molar-refractivity contribution in [3.63, 3.8) is 0 Å². The Hall–Kier alpha value is -1.19. The first-order valence-electron chi connectivity index (χ1n) is 5.47. The second kappa shape index (κ2) is 5.77. The quantitative estimate of drug-likeness (QED) is 0.456. The number of benzene rings is 1. The van der Waals surface area contributed by atoms with Crippen molar-refractivity contribution in [1.29, 1.82) is 0 Å². The lowest BCUT2D eigenvalue weighted by Gasteiger charge is -2.19. The van der Waals surface area contributed by atoms with Gasteiger partial charge in [-0.25, -0.2) is 4.39 Å². The number of rotatable bonds is 5. The van der Waals surface area contributed by atoms with E-state index in [1.54, 1.807) is 6.07 Å². The van der Waals surface area contributed by atoms with Crippen molar-refractivity contribution in [2.24, 2.45) is 5.84 Å². The van der Waals surface area contributed by atoms with Gasteiger partial charge in [0.2, 0.25) is 0 Å². The molecule has 1 aromatic rings. The largest absolute Gasteiger partial charge is 0.271 e. The van der Waals surface area contributed by atoms with E-state index in [1.807, 2.05) is 13.8 Å². The van der Waals surface area contributed by atoms with Gasteiger partial charge in [-0.2, -0.15) is 0 Å². The fourth-order valence-electron chi connectivity index (χ4n) is 1.68. The summed E-state index contributed by atoms with van der Waals surface area (Å²) in [5.41, 5.74) is 5.76. The molecule has 0 heterocycles. The molecule has 0 aliphatic heterocycles. The maximum absolute atomic E-state index is 13.2. The summed E-state index contributed by atoms with van der Waals surface area (Å²) in [7, 11) is 0. The SMILES string of the molecule is C=C(CC)CC(NN)c1cc(F)ccc1C. The van der Waals surface area contributed by atoms with Crippen molar-refractivity contribution in [1.82, 2.24) is 5.43 Å². The third-order valence-electron chi connectivity index (χ3n) is 2.81. The summed E-state index contributed by atoms with van der Waals surface area (Å²) in [5, 5.41) is 0. The maximum Gasteiger partial charge on any atom is 0.123 e. The number of nitrogens with two attached hydrogens (primary N) is 1. The van der Waals surface area contributed by atoms with Crippen molar-refractivity contribution in [3.8, 4) is 0 Å². The number of halogens is 1. The smallest absolute Gasteiger partial charge is 0.123 e. The highest BCUT2D eigenvalue weighted by molar-refractivity contribution is 5.30. The first-order chi connectivity index (χ1) is 7.58. The predicted octanol–water partition coefficient (Wildman–Crippen LogP) is 2.99. The van der Waals surface area contributed by atoms with Crippen LogP contribution in [-0.4, -0.2) is 0 Å². The highest BCUT2D eigenvalue weighted by Crippen LogP contribution is 2.24. The summed E-state index contributed by atoms with van der Waals surface area (Å²) in [4.78, 5) is 0. The Labute approximate surface area is 96.3 Å². The van der Waals surface area contributed by atoms with E-state index in [1.165, 1.54) is 12.1 Å². The number of hydrogen-bond donors (Lipinski definition) is 2. The lowest BCUT2D eigenvalue weighted by molar-refractivity contribution is 0.535. The first-order valence-corrected chi connectivity index (χ1v) is 5.47. The average molecular weight is 222 g/mol. The van der Waals surface area contributed by atoms with Crippen molar-refractivity contribution >= 4 is 0 Å². The van der Waals surface area contributed by atoms with Gasteiger partial charge >= 0.3 is 0 Å². The van der Waals surface area contributed by atoms with E-state index in [4.69, 9.17) is 5.84 Å². The van der Waals surface area contributed by atoms with Crippen LogP contribution in [-0.2, 0) is 0 Å². The number of nitrogens with one attached hydrogen (secondary N) is 1.